The van der Waals surface area contributed by atoms with Crippen LogP contribution >= 0.6 is 12.6 Å². The van der Waals surface area contributed by atoms with Crippen molar-refractivity contribution in [2.75, 3.05) is 6.61 Å². The lowest BCUT2D eigenvalue weighted by Crippen LogP contribution is -1.96. The lowest BCUT2D eigenvalue weighted by Gasteiger charge is -2.01. The number of hydrogen-bond acceptors (Lipinski definition) is 2. The van der Waals surface area contributed by atoms with E-state index in [9.17, 15) is 0 Å². The summed E-state index contributed by atoms with van der Waals surface area (Å²) in [5.41, 5.74) is 1.15. The summed E-state index contributed by atoms with van der Waals surface area (Å²) in [6.07, 6.45) is 0. The molecule has 1 heterocycles. The van der Waals surface area contributed by atoms with Crippen molar-refractivity contribution >= 4 is 12.6 Å². The summed E-state index contributed by atoms with van der Waals surface area (Å²) < 4.78 is 5.15. The van der Waals surface area contributed by atoms with Crippen LogP contribution < -0.4 is 0 Å². The number of epoxide rings is 1. The maximum atomic E-state index is 5.15. The number of rotatable bonds is 1. The molecule has 1 aliphatic heterocycles. The molecular formula is C8H8OS. The van der Waals surface area contributed by atoms with Crippen molar-refractivity contribution in [3.63, 3.8) is 0 Å². The van der Waals surface area contributed by atoms with Crippen molar-refractivity contribution < 1.29 is 4.74 Å². The van der Waals surface area contributed by atoms with E-state index >= 15 is 0 Å². The summed E-state index contributed by atoms with van der Waals surface area (Å²) in [6.45, 7) is 0.736. The number of benzene rings is 1. The second-order valence-electron chi connectivity index (χ2n) is 2.44. The largest absolute Gasteiger partial charge is 0.354 e. The summed E-state index contributed by atoms with van der Waals surface area (Å²) in [4.78, 5) is -0.263. The highest BCUT2D eigenvalue weighted by atomic mass is 32.1. The molecule has 0 spiro atoms. The molecule has 1 unspecified atom stereocenters. The predicted octanol–water partition coefficient (Wildman–Crippen LogP) is 1.80. The SMILES string of the molecule is SC1(c2ccccc2)CO1. The van der Waals surface area contributed by atoms with E-state index in [1.165, 1.54) is 0 Å². The van der Waals surface area contributed by atoms with Crippen molar-refractivity contribution in [2.45, 2.75) is 4.93 Å². The molecule has 0 saturated carbocycles. The summed E-state index contributed by atoms with van der Waals surface area (Å²) >= 11 is 4.33. The lowest BCUT2D eigenvalue weighted by atomic mass is 10.2. The molecule has 1 nitrogen and oxygen atoms in total. The summed E-state index contributed by atoms with van der Waals surface area (Å²) in [5, 5.41) is 0. The molecule has 52 valence electrons. The molecule has 0 bridgehead atoms. The van der Waals surface area contributed by atoms with Crippen LogP contribution in [-0.2, 0) is 9.67 Å². The Morgan fingerprint density at radius 3 is 2.40 bits per heavy atom. The van der Waals surface area contributed by atoms with Gasteiger partial charge < -0.3 is 4.74 Å². The summed E-state index contributed by atoms with van der Waals surface area (Å²) in [5.74, 6) is 0. The normalized spacial score (nSPS) is 30.1. The van der Waals surface area contributed by atoms with Crippen LogP contribution in [0.5, 0.6) is 0 Å². The highest BCUT2D eigenvalue weighted by Crippen LogP contribution is 2.41. The smallest absolute Gasteiger partial charge is 0.160 e. The van der Waals surface area contributed by atoms with Gasteiger partial charge in [0.2, 0.25) is 0 Å². The van der Waals surface area contributed by atoms with E-state index in [2.05, 4.69) is 12.6 Å². The molecule has 10 heavy (non-hydrogen) atoms. The highest BCUT2D eigenvalue weighted by molar-refractivity contribution is 7.81. The Balaban J connectivity index is 2.35. The minimum Gasteiger partial charge on any atom is -0.354 e. The van der Waals surface area contributed by atoms with E-state index in [1.807, 2.05) is 30.3 Å². The number of thiol groups is 1. The van der Waals surface area contributed by atoms with Crippen LogP contribution in [0.25, 0.3) is 0 Å². The van der Waals surface area contributed by atoms with Gasteiger partial charge in [-0.25, -0.2) is 0 Å². The maximum absolute atomic E-state index is 5.15. The standard InChI is InChI=1S/C8H8OS/c10-8(6-9-8)7-4-2-1-3-5-7/h1-5,10H,6H2. The van der Waals surface area contributed by atoms with Gasteiger partial charge in [-0.2, -0.15) is 0 Å². The lowest BCUT2D eigenvalue weighted by molar-refractivity contribution is 0.393. The first-order valence-corrected chi connectivity index (χ1v) is 3.68. The molecular weight excluding hydrogens is 144 g/mol. The molecule has 0 radical (unpaired) electrons. The molecule has 1 saturated heterocycles. The fourth-order valence-electron chi connectivity index (χ4n) is 0.934. The van der Waals surface area contributed by atoms with Gasteiger partial charge in [-0.05, 0) is 5.56 Å². The van der Waals surface area contributed by atoms with Gasteiger partial charge in [0.05, 0.1) is 6.61 Å². The van der Waals surface area contributed by atoms with Crippen molar-refractivity contribution in [3.8, 4) is 0 Å². The van der Waals surface area contributed by atoms with Gasteiger partial charge in [-0.3, -0.25) is 0 Å². The van der Waals surface area contributed by atoms with Gasteiger partial charge in [-0.1, -0.05) is 30.3 Å². The van der Waals surface area contributed by atoms with Crippen LogP contribution in [0.2, 0.25) is 0 Å². The van der Waals surface area contributed by atoms with E-state index < -0.39 is 0 Å². The zero-order chi connectivity index (χ0) is 7.03. The third-order valence-corrected chi connectivity index (χ3v) is 2.16. The molecule has 2 heteroatoms. The third-order valence-electron chi connectivity index (χ3n) is 1.64. The van der Waals surface area contributed by atoms with Crippen molar-refractivity contribution in [3.05, 3.63) is 35.9 Å². The molecule has 1 fully saturated rings. The van der Waals surface area contributed by atoms with Crippen LogP contribution in [0.15, 0.2) is 30.3 Å². The van der Waals surface area contributed by atoms with Gasteiger partial charge in [0.25, 0.3) is 0 Å². The van der Waals surface area contributed by atoms with E-state index in [0.717, 1.165) is 12.2 Å². The van der Waals surface area contributed by atoms with Crippen LogP contribution in [0.1, 0.15) is 5.56 Å². The van der Waals surface area contributed by atoms with Crippen molar-refractivity contribution in [1.82, 2.24) is 0 Å². The number of hydrogen-bond donors (Lipinski definition) is 1. The van der Waals surface area contributed by atoms with Gasteiger partial charge >= 0.3 is 0 Å². The Morgan fingerprint density at radius 1 is 1.30 bits per heavy atom. The van der Waals surface area contributed by atoms with E-state index in [-0.39, 0.29) is 4.93 Å². The third kappa shape index (κ3) is 0.935. The van der Waals surface area contributed by atoms with Crippen LogP contribution in [0, 0.1) is 0 Å². The van der Waals surface area contributed by atoms with E-state index in [4.69, 9.17) is 4.74 Å². The molecule has 2 rings (SSSR count). The highest BCUT2D eigenvalue weighted by Gasteiger charge is 2.42. The molecule has 0 aromatic heterocycles. The Morgan fingerprint density at radius 2 is 1.90 bits per heavy atom. The monoisotopic (exact) mass is 152 g/mol. The quantitative estimate of drug-likeness (QED) is 0.478. The van der Waals surface area contributed by atoms with Crippen LogP contribution in [0.3, 0.4) is 0 Å². The Hall–Kier alpha value is -0.470. The molecule has 1 atom stereocenters. The minimum absolute atomic E-state index is 0.263. The van der Waals surface area contributed by atoms with Crippen LogP contribution in [-0.4, -0.2) is 6.61 Å². The predicted molar refractivity (Wildman–Crippen MR) is 43.1 cm³/mol. The molecule has 1 aromatic carbocycles. The van der Waals surface area contributed by atoms with Gasteiger partial charge in [-0.15, -0.1) is 12.6 Å². The maximum Gasteiger partial charge on any atom is 0.160 e. The first-order valence-electron chi connectivity index (χ1n) is 3.23. The average Bonchev–Trinajstić information content (AvgIpc) is 2.72. The number of ether oxygens (including phenoxy) is 1. The van der Waals surface area contributed by atoms with Crippen LogP contribution in [0.4, 0.5) is 0 Å². The van der Waals surface area contributed by atoms with Crippen molar-refractivity contribution in [1.29, 1.82) is 0 Å². The van der Waals surface area contributed by atoms with Gasteiger partial charge in [0, 0.05) is 0 Å². The average molecular weight is 152 g/mol. The van der Waals surface area contributed by atoms with Crippen molar-refractivity contribution in [2.24, 2.45) is 0 Å². The second-order valence-corrected chi connectivity index (χ2v) is 3.16. The fraction of sp³-hybridized carbons (Fsp3) is 0.250. The van der Waals surface area contributed by atoms with E-state index in [1.54, 1.807) is 0 Å². The molecule has 1 aromatic rings. The molecule has 0 N–H and O–H groups in total. The zero-order valence-corrected chi connectivity index (χ0v) is 6.34. The fourth-order valence-corrected chi connectivity index (χ4v) is 1.15. The first kappa shape index (κ1) is 6.25. The molecule has 0 aliphatic carbocycles. The summed E-state index contributed by atoms with van der Waals surface area (Å²) in [6, 6.07) is 10.0. The Labute approximate surface area is 65.4 Å². The Bertz CT molecular complexity index is 228. The second kappa shape index (κ2) is 2.01. The molecule has 1 aliphatic rings. The Kier molecular flexibility index (Phi) is 1.25. The topological polar surface area (TPSA) is 12.5 Å². The van der Waals surface area contributed by atoms with E-state index in [0.29, 0.717) is 0 Å². The summed E-state index contributed by atoms with van der Waals surface area (Å²) in [7, 11) is 0. The molecule has 0 amide bonds. The zero-order valence-electron chi connectivity index (χ0n) is 5.45. The minimum atomic E-state index is -0.263. The first-order chi connectivity index (χ1) is 4.81. The van der Waals surface area contributed by atoms with Gasteiger partial charge in [0.1, 0.15) is 0 Å². The van der Waals surface area contributed by atoms with Gasteiger partial charge in [0.15, 0.2) is 4.93 Å².